The summed E-state index contributed by atoms with van der Waals surface area (Å²) in [6.07, 6.45) is 5.02. The van der Waals surface area contributed by atoms with Crippen molar-refractivity contribution in [1.29, 1.82) is 0 Å². The van der Waals surface area contributed by atoms with Crippen LogP contribution in [0.5, 0.6) is 17.2 Å². The molecule has 1 fully saturated rings. The number of aryl methyl sites for hydroxylation is 2. The molecule has 2 aromatic carbocycles. The van der Waals surface area contributed by atoms with Gasteiger partial charge in [0.15, 0.2) is 11.5 Å². The molecule has 8 nitrogen and oxygen atoms in total. The first-order valence-electron chi connectivity index (χ1n) is 12.4. The SMILES string of the molecule is COc1cc(CN2CC[C@H](O)[C@@](O)(COc3cc(C)cc(C)c3C)C2)ccc1OCCn1ccnc1. The predicted octanol–water partition coefficient (Wildman–Crippen LogP) is 3.27. The second kappa shape index (κ2) is 11.3. The maximum Gasteiger partial charge on any atom is 0.161 e. The predicted molar refractivity (Wildman–Crippen MR) is 138 cm³/mol. The second-order valence-electron chi connectivity index (χ2n) is 9.75. The van der Waals surface area contributed by atoms with Crippen LogP contribution in [0.4, 0.5) is 0 Å². The Morgan fingerprint density at radius 3 is 2.67 bits per heavy atom. The van der Waals surface area contributed by atoms with Crippen molar-refractivity contribution in [3.05, 3.63) is 71.3 Å². The number of hydrogen-bond donors (Lipinski definition) is 2. The zero-order chi connectivity index (χ0) is 25.7. The van der Waals surface area contributed by atoms with Crippen LogP contribution in [0, 0.1) is 20.8 Å². The standard InChI is InChI=1S/C28H37N3O5/c1-20-13-21(2)22(3)25(14-20)36-18-28(33)17-31(9-7-27(28)32)16-23-5-6-24(26(15-23)34-4)35-12-11-30-10-8-29-19-30/h5-6,8,10,13-15,19,27,32-33H,7,9,11-12,16-18H2,1-4H3/t27-,28-/m0/s1. The normalized spacial score (nSPS) is 20.3. The largest absolute Gasteiger partial charge is 0.493 e. The molecule has 1 saturated heterocycles. The van der Waals surface area contributed by atoms with Crippen molar-refractivity contribution in [3.8, 4) is 17.2 Å². The molecule has 4 rings (SSSR count). The summed E-state index contributed by atoms with van der Waals surface area (Å²) in [6, 6.07) is 9.97. The first kappa shape index (κ1) is 26.0. The summed E-state index contributed by atoms with van der Waals surface area (Å²) in [5.74, 6) is 2.10. The monoisotopic (exact) mass is 495 g/mol. The van der Waals surface area contributed by atoms with E-state index in [0.29, 0.717) is 50.7 Å². The Morgan fingerprint density at radius 1 is 1.08 bits per heavy atom. The van der Waals surface area contributed by atoms with Crippen LogP contribution in [0.1, 0.15) is 28.7 Å². The zero-order valence-corrected chi connectivity index (χ0v) is 21.6. The number of nitrogens with zero attached hydrogens (tertiary/aromatic N) is 3. The molecular formula is C28H37N3O5. The molecule has 2 heterocycles. The van der Waals surface area contributed by atoms with Gasteiger partial charge in [-0.25, -0.2) is 4.98 Å². The maximum atomic E-state index is 11.3. The molecule has 1 aliphatic heterocycles. The molecule has 0 radical (unpaired) electrons. The maximum absolute atomic E-state index is 11.3. The third kappa shape index (κ3) is 6.19. The minimum Gasteiger partial charge on any atom is -0.493 e. The minimum absolute atomic E-state index is 0.0292. The van der Waals surface area contributed by atoms with Gasteiger partial charge in [0.1, 0.15) is 24.6 Å². The van der Waals surface area contributed by atoms with Gasteiger partial charge in [0.05, 0.1) is 26.1 Å². The number of hydrogen-bond acceptors (Lipinski definition) is 7. The van der Waals surface area contributed by atoms with E-state index in [1.165, 1.54) is 0 Å². The number of ether oxygens (including phenoxy) is 3. The lowest BCUT2D eigenvalue weighted by Gasteiger charge is -2.42. The van der Waals surface area contributed by atoms with Crippen LogP contribution in [0.25, 0.3) is 0 Å². The molecule has 0 bridgehead atoms. The Balaban J connectivity index is 1.37. The highest BCUT2D eigenvalue weighted by Gasteiger charge is 2.42. The van der Waals surface area contributed by atoms with E-state index in [0.717, 1.165) is 28.0 Å². The lowest BCUT2D eigenvalue weighted by molar-refractivity contribution is -0.140. The summed E-state index contributed by atoms with van der Waals surface area (Å²) in [4.78, 5) is 6.18. The Bertz CT molecular complexity index is 1150. The van der Waals surface area contributed by atoms with Crippen LogP contribution in [0.15, 0.2) is 49.1 Å². The van der Waals surface area contributed by atoms with Crippen molar-refractivity contribution in [3.63, 3.8) is 0 Å². The van der Waals surface area contributed by atoms with Gasteiger partial charge in [-0.1, -0.05) is 12.1 Å². The van der Waals surface area contributed by atoms with Gasteiger partial charge in [-0.05, 0) is 67.6 Å². The van der Waals surface area contributed by atoms with Gasteiger partial charge in [0, 0.05) is 32.0 Å². The van der Waals surface area contributed by atoms with E-state index in [9.17, 15) is 10.2 Å². The Labute approximate surface area is 213 Å². The van der Waals surface area contributed by atoms with Crippen molar-refractivity contribution in [2.45, 2.75) is 52.0 Å². The quantitative estimate of drug-likeness (QED) is 0.446. The fraction of sp³-hybridized carbons (Fsp3) is 0.464. The minimum atomic E-state index is -1.36. The molecule has 0 aliphatic carbocycles. The molecule has 36 heavy (non-hydrogen) atoms. The van der Waals surface area contributed by atoms with Gasteiger partial charge in [-0.3, -0.25) is 4.90 Å². The van der Waals surface area contributed by atoms with E-state index in [4.69, 9.17) is 14.2 Å². The molecule has 0 amide bonds. The van der Waals surface area contributed by atoms with Gasteiger partial charge in [-0.2, -0.15) is 0 Å². The Kier molecular flexibility index (Phi) is 8.18. The highest BCUT2D eigenvalue weighted by atomic mass is 16.5. The number of β-amino-alcohol motifs (C(OH)–C–C–N with tert-alkyl or cyclic N) is 1. The van der Waals surface area contributed by atoms with Gasteiger partial charge in [-0.15, -0.1) is 0 Å². The number of likely N-dealkylation sites (tertiary alicyclic amines) is 1. The topological polar surface area (TPSA) is 89.2 Å². The highest BCUT2D eigenvalue weighted by molar-refractivity contribution is 5.43. The summed E-state index contributed by atoms with van der Waals surface area (Å²) in [5.41, 5.74) is 2.98. The van der Waals surface area contributed by atoms with Crippen molar-refractivity contribution in [2.24, 2.45) is 0 Å². The second-order valence-corrected chi connectivity index (χ2v) is 9.75. The first-order chi connectivity index (χ1) is 17.3. The fourth-order valence-electron chi connectivity index (χ4n) is 4.64. The summed E-state index contributed by atoms with van der Waals surface area (Å²) in [6.45, 7) is 8.91. The van der Waals surface area contributed by atoms with Crippen molar-refractivity contribution < 1.29 is 24.4 Å². The number of piperidine rings is 1. The summed E-state index contributed by atoms with van der Waals surface area (Å²) in [5, 5.41) is 22.0. The summed E-state index contributed by atoms with van der Waals surface area (Å²) in [7, 11) is 1.63. The van der Waals surface area contributed by atoms with E-state index in [1.54, 1.807) is 19.6 Å². The van der Waals surface area contributed by atoms with Crippen LogP contribution in [-0.2, 0) is 13.1 Å². The average molecular weight is 496 g/mol. The molecule has 2 N–H and O–H groups in total. The van der Waals surface area contributed by atoms with Gasteiger partial charge in [0.2, 0.25) is 0 Å². The number of rotatable bonds is 10. The highest BCUT2D eigenvalue weighted by Crippen LogP contribution is 2.31. The summed E-state index contributed by atoms with van der Waals surface area (Å²) < 4.78 is 19.5. The fourth-order valence-corrected chi connectivity index (χ4v) is 4.64. The average Bonchev–Trinajstić information content (AvgIpc) is 3.37. The van der Waals surface area contributed by atoms with Gasteiger partial charge < -0.3 is 29.0 Å². The molecule has 0 spiro atoms. The lowest BCUT2D eigenvalue weighted by atomic mass is 9.90. The van der Waals surface area contributed by atoms with E-state index < -0.39 is 11.7 Å². The van der Waals surface area contributed by atoms with E-state index in [2.05, 4.69) is 16.0 Å². The molecule has 2 atom stereocenters. The Hall–Kier alpha value is -3.07. The summed E-state index contributed by atoms with van der Waals surface area (Å²) >= 11 is 0. The van der Waals surface area contributed by atoms with Crippen molar-refractivity contribution in [2.75, 3.05) is 33.4 Å². The third-order valence-electron chi connectivity index (χ3n) is 6.88. The van der Waals surface area contributed by atoms with E-state index in [-0.39, 0.29) is 6.61 Å². The van der Waals surface area contributed by atoms with Crippen molar-refractivity contribution >= 4 is 0 Å². The lowest BCUT2D eigenvalue weighted by Crippen LogP contribution is -2.59. The molecule has 194 valence electrons. The Morgan fingerprint density at radius 2 is 1.92 bits per heavy atom. The number of imidazole rings is 1. The number of aromatic nitrogens is 2. The molecule has 0 saturated carbocycles. The van der Waals surface area contributed by atoms with Crippen molar-refractivity contribution in [1.82, 2.24) is 14.5 Å². The first-order valence-corrected chi connectivity index (χ1v) is 12.4. The van der Waals surface area contributed by atoms with Crippen LogP contribution < -0.4 is 14.2 Å². The van der Waals surface area contributed by atoms with E-state index in [1.807, 2.05) is 55.8 Å². The number of aliphatic hydroxyl groups is 2. The molecular weight excluding hydrogens is 458 g/mol. The molecule has 1 aromatic heterocycles. The van der Waals surface area contributed by atoms with Crippen LogP contribution in [0.2, 0.25) is 0 Å². The zero-order valence-electron chi connectivity index (χ0n) is 21.6. The molecule has 0 unspecified atom stereocenters. The molecule has 3 aromatic rings. The number of methoxy groups -OCH3 is 1. The smallest absolute Gasteiger partial charge is 0.161 e. The van der Waals surface area contributed by atoms with Crippen LogP contribution in [0.3, 0.4) is 0 Å². The van der Waals surface area contributed by atoms with Crippen LogP contribution in [-0.4, -0.2) is 69.8 Å². The van der Waals surface area contributed by atoms with E-state index >= 15 is 0 Å². The van der Waals surface area contributed by atoms with Crippen LogP contribution >= 0.6 is 0 Å². The third-order valence-corrected chi connectivity index (χ3v) is 6.88. The van der Waals surface area contributed by atoms with Gasteiger partial charge in [0.25, 0.3) is 0 Å². The number of benzene rings is 2. The number of aliphatic hydroxyl groups excluding tert-OH is 1. The van der Waals surface area contributed by atoms with Gasteiger partial charge >= 0.3 is 0 Å². The molecule has 1 aliphatic rings. The molecule has 8 heteroatoms.